The summed E-state index contributed by atoms with van der Waals surface area (Å²) in [5.74, 6) is 9.28. The molecule has 3 heterocycles. The van der Waals surface area contributed by atoms with E-state index >= 15 is 0 Å². The fourth-order valence-corrected chi connectivity index (χ4v) is 3.94. The van der Waals surface area contributed by atoms with Gasteiger partial charge in [0.1, 0.15) is 11.5 Å². The van der Waals surface area contributed by atoms with E-state index in [1.807, 2.05) is 62.5 Å². The Bertz CT molecular complexity index is 1370. The van der Waals surface area contributed by atoms with E-state index in [-0.39, 0.29) is 0 Å². The summed E-state index contributed by atoms with van der Waals surface area (Å²) in [6.07, 6.45) is 5.81. The van der Waals surface area contributed by atoms with Gasteiger partial charge in [-0.15, -0.1) is 0 Å². The van der Waals surface area contributed by atoms with Crippen LogP contribution in [0.5, 0.6) is 11.5 Å². The molecule has 34 heavy (non-hydrogen) atoms. The van der Waals surface area contributed by atoms with Crippen molar-refractivity contribution < 1.29 is 4.74 Å². The summed E-state index contributed by atoms with van der Waals surface area (Å²) in [6, 6.07) is 15.9. The molecule has 6 heteroatoms. The first kappa shape index (κ1) is 21.9. The fourth-order valence-electron chi connectivity index (χ4n) is 3.94. The fraction of sp³-hybridized carbons (Fsp3) is 0.250. The molecule has 0 unspecified atom stereocenters. The number of aromatic nitrogens is 3. The number of fused-ring (bicyclic) bond motifs is 1. The molecule has 0 saturated carbocycles. The Morgan fingerprint density at radius 1 is 0.971 bits per heavy atom. The first-order valence-electron chi connectivity index (χ1n) is 11.6. The number of ether oxygens (including phenoxy) is 1. The second kappa shape index (κ2) is 9.90. The SMILES string of the molecule is Cc1ccc(Oc2ccc(Nc3ncc4cc(C#CC5CCNCC5)ccc4n3)cc2C)cn1. The maximum atomic E-state index is 5.96. The van der Waals surface area contributed by atoms with E-state index in [4.69, 9.17) is 4.74 Å². The summed E-state index contributed by atoms with van der Waals surface area (Å²) >= 11 is 0. The quantitative estimate of drug-likeness (QED) is 0.399. The number of hydrogen-bond donors (Lipinski definition) is 2. The second-order valence-electron chi connectivity index (χ2n) is 8.60. The third kappa shape index (κ3) is 5.33. The number of pyridine rings is 1. The maximum absolute atomic E-state index is 5.96. The zero-order chi connectivity index (χ0) is 23.3. The van der Waals surface area contributed by atoms with Crippen LogP contribution in [-0.4, -0.2) is 28.0 Å². The lowest BCUT2D eigenvalue weighted by Gasteiger charge is -2.17. The highest BCUT2D eigenvalue weighted by atomic mass is 16.5. The van der Waals surface area contributed by atoms with Crippen LogP contribution in [0, 0.1) is 31.6 Å². The predicted octanol–water partition coefficient (Wildman–Crippen LogP) is 5.53. The summed E-state index contributed by atoms with van der Waals surface area (Å²) in [4.78, 5) is 13.5. The molecule has 170 valence electrons. The molecule has 5 rings (SSSR count). The van der Waals surface area contributed by atoms with Crippen molar-refractivity contribution in [2.24, 2.45) is 5.92 Å². The predicted molar refractivity (Wildman–Crippen MR) is 136 cm³/mol. The number of nitrogens with zero attached hydrogens (tertiary/aromatic N) is 3. The Hall–Kier alpha value is -3.95. The molecule has 1 aliphatic heterocycles. The lowest BCUT2D eigenvalue weighted by atomic mass is 9.98. The zero-order valence-electron chi connectivity index (χ0n) is 19.4. The van der Waals surface area contributed by atoms with Gasteiger partial charge in [0, 0.05) is 34.4 Å². The van der Waals surface area contributed by atoms with E-state index in [2.05, 4.69) is 43.5 Å². The van der Waals surface area contributed by atoms with E-state index in [0.717, 1.165) is 65.1 Å². The Morgan fingerprint density at radius 2 is 1.85 bits per heavy atom. The maximum Gasteiger partial charge on any atom is 0.227 e. The van der Waals surface area contributed by atoms with Gasteiger partial charge in [0.05, 0.1) is 11.7 Å². The minimum Gasteiger partial charge on any atom is -0.455 e. The van der Waals surface area contributed by atoms with Crippen LogP contribution in [0.25, 0.3) is 10.9 Å². The number of rotatable bonds is 4. The minimum atomic E-state index is 0.480. The molecule has 0 radical (unpaired) electrons. The van der Waals surface area contributed by atoms with Gasteiger partial charge in [-0.2, -0.15) is 0 Å². The van der Waals surface area contributed by atoms with Crippen molar-refractivity contribution in [3.8, 4) is 23.3 Å². The molecule has 0 spiro atoms. The molecule has 2 aromatic heterocycles. The lowest BCUT2D eigenvalue weighted by Crippen LogP contribution is -2.26. The Balaban J connectivity index is 1.28. The molecule has 6 nitrogen and oxygen atoms in total. The third-order valence-corrected chi connectivity index (χ3v) is 5.88. The number of anilines is 2. The molecule has 2 N–H and O–H groups in total. The highest BCUT2D eigenvalue weighted by molar-refractivity contribution is 5.80. The number of hydrogen-bond acceptors (Lipinski definition) is 6. The highest BCUT2D eigenvalue weighted by Gasteiger charge is 2.09. The first-order chi connectivity index (χ1) is 16.6. The summed E-state index contributed by atoms with van der Waals surface area (Å²) in [5.41, 5.74) is 4.75. The first-order valence-corrected chi connectivity index (χ1v) is 11.6. The van der Waals surface area contributed by atoms with Gasteiger partial charge in [-0.3, -0.25) is 4.98 Å². The summed E-state index contributed by atoms with van der Waals surface area (Å²) in [5, 5.41) is 7.65. The van der Waals surface area contributed by atoms with Gasteiger partial charge in [-0.05, 0) is 93.9 Å². The van der Waals surface area contributed by atoms with E-state index in [1.54, 1.807) is 6.20 Å². The molecule has 0 bridgehead atoms. The number of aryl methyl sites for hydroxylation is 2. The molecule has 1 aliphatic rings. The van der Waals surface area contributed by atoms with Crippen molar-refractivity contribution >= 4 is 22.5 Å². The van der Waals surface area contributed by atoms with Gasteiger partial charge in [0.2, 0.25) is 5.95 Å². The smallest absolute Gasteiger partial charge is 0.227 e. The minimum absolute atomic E-state index is 0.480. The second-order valence-corrected chi connectivity index (χ2v) is 8.60. The van der Waals surface area contributed by atoms with Crippen LogP contribution in [0.15, 0.2) is 60.9 Å². The van der Waals surface area contributed by atoms with Gasteiger partial charge in [0.15, 0.2) is 0 Å². The average molecular weight is 450 g/mol. The average Bonchev–Trinajstić information content (AvgIpc) is 2.86. The van der Waals surface area contributed by atoms with E-state index in [9.17, 15) is 0 Å². The molecule has 2 aromatic carbocycles. The topological polar surface area (TPSA) is 72.0 Å². The van der Waals surface area contributed by atoms with Crippen LogP contribution in [0.2, 0.25) is 0 Å². The number of piperidine rings is 1. The van der Waals surface area contributed by atoms with Crippen LogP contribution in [0.3, 0.4) is 0 Å². The van der Waals surface area contributed by atoms with E-state index < -0.39 is 0 Å². The lowest BCUT2D eigenvalue weighted by molar-refractivity contribution is 0.447. The summed E-state index contributed by atoms with van der Waals surface area (Å²) in [7, 11) is 0. The van der Waals surface area contributed by atoms with Crippen LogP contribution >= 0.6 is 0 Å². The van der Waals surface area contributed by atoms with Crippen molar-refractivity contribution in [2.75, 3.05) is 18.4 Å². The van der Waals surface area contributed by atoms with Crippen molar-refractivity contribution in [3.05, 3.63) is 77.7 Å². The summed E-state index contributed by atoms with van der Waals surface area (Å²) < 4.78 is 5.96. The van der Waals surface area contributed by atoms with Crippen molar-refractivity contribution in [1.82, 2.24) is 20.3 Å². The Morgan fingerprint density at radius 3 is 2.65 bits per heavy atom. The van der Waals surface area contributed by atoms with Gasteiger partial charge >= 0.3 is 0 Å². The van der Waals surface area contributed by atoms with Gasteiger partial charge < -0.3 is 15.4 Å². The number of nitrogens with one attached hydrogen (secondary N) is 2. The van der Waals surface area contributed by atoms with Crippen LogP contribution in [0.1, 0.15) is 29.7 Å². The molecule has 4 aromatic rings. The Labute approximate surface area is 199 Å². The van der Waals surface area contributed by atoms with Gasteiger partial charge in [-0.1, -0.05) is 11.8 Å². The van der Waals surface area contributed by atoms with Crippen molar-refractivity contribution in [3.63, 3.8) is 0 Å². The van der Waals surface area contributed by atoms with Gasteiger partial charge in [-0.25, -0.2) is 9.97 Å². The normalized spacial score (nSPS) is 13.8. The van der Waals surface area contributed by atoms with Crippen molar-refractivity contribution in [1.29, 1.82) is 0 Å². The van der Waals surface area contributed by atoms with E-state index in [1.165, 1.54) is 0 Å². The molecule has 0 atom stereocenters. The largest absolute Gasteiger partial charge is 0.455 e. The highest BCUT2D eigenvalue weighted by Crippen LogP contribution is 2.28. The van der Waals surface area contributed by atoms with Gasteiger partial charge in [0.25, 0.3) is 0 Å². The van der Waals surface area contributed by atoms with E-state index in [0.29, 0.717) is 17.6 Å². The Kier molecular flexibility index (Phi) is 6.37. The van der Waals surface area contributed by atoms with Crippen LogP contribution in [-0.2, 0) is 0 Å². The standard InChI is InChI=1S/C28H27N5O/c1-19-15-24(7-10-27(19)34-25-8-3-20(2)30-18-25)32-28-31-17-23-16-22(6-9-26(23)33-28)5-4-21-11-13-29-14-12-21/h3,6-10,15-18,21,29H,11-14H2,1-2H3,(H,31,32,33). The molecule has 1 saturated heterocycles. The van der Waals surface area contributed by atoms with Crippen LogP contribution < -0.4 is 15.4 Å². The molecule has 1 fully saturated rings. The molecular formula is C28H27N5O. The third-order valence-electron chi connectivity index (χ3n) is 5.88. The molecule has 0 amide bonds. The van der Waals surface area contributed by atoms with Crippen LogP contribution in [0.4, 0.5) is 11.6 Å². The zero-order valence-corrected chi connectivity index (χ0v) is 19.4. The summed E-state index contributed by atoms with van der Waals surface area (Å²) in [6.45, 7) is 6.07. The monoisotopic (exact) mass is 449 g/mol. The number of benzene rings is 2. The molecular weight excluding hydrogens is 422 g/mol. The van der Waals surface area contributed by atoms with Crippen molar-refractivity contribution in [2.45, 2.75) is 26.7 Å². The molecule has 0 aliphatic carbocycles.